The molecule has 0 radical (unpaired) electrons. The number of morpholine rings is 1. The van der Waals surface area contributed by atoms with Crippen LogP contribution in [0, 0.1) is 17.0 Å². The third-order valence-electron chi connectivity index (χ3n) is 3.33. The van der Waals surface area contributed by atoms with Crippen LogP contribution >= 0.6 is 0 Å². The van der Waals surface area contributed by atoms with Gasteiger partial charge in [0.15, 0.2) is 0 Å². The van der Waals surface area contributed by atoms with Crippen molar-refractivity contribution in [2.24, 2.45) is 0 Å². The van der Waals surface area contributed by atoms with Crippen molar-refractivity contribution in [3.05, 3.63) is 15.8 Å². The quantitative estimate of drug-likeness (QED) is 0.534. The summed E-state index contributed by atoms with van der Waals surface area (Å²) in [6.45, 7) is 5.22. The van der Waals surface area contributed by atoms with Gasteiger partial charge < -0.3 is 19.3 Å². The van der Waals surface area contributed by atoms with Gasteiger partial charge in [-0.3, -0.25) is 10.1 Å². The van der Waals surface area contributed by atoms with E-state index in [1.807, 2.05) is 19.0 Å². The number of hydrogen-bond donors (Lipinski definition) is 1. The molecular formula is C13H22N5O4+. The van der Waals surface area contributed by atoms with Crippen LogP contribution in [0.5, 0.6) is 5.88 Å². The molecule has 0 spiro atoms. The fourth-order valence-electron chi connectivity index (χ4n) is 2.09. The van der Waals surface area contributed by atoms with Crippen molar-refractivity contribution in [3.8, 4) is 5.88 Å². The minimum absolute atomic E-state index is 0.0419. The van der Waals surface area contributed by atoms with Gasteiger partial charge in [-0.05, 0) is 6.92 Å². The van der Waals surface area contributed by atoms with Crippen LogP contribution in [0.2, 0.25) is 0 Å². The lowest BCUT2D eigenvalue weighted by Gasteiger charge is -2.27. The maximum atomic E-state index is 11.2. The van der Waals surface area contributed by atoms with Crippen LogP contribution in [0.1, 0.15) is 5.69 Å². The summed E-state index contributed by atoms with van der Waals surface area (Å²) in [7, 11) is 3.98. The molecule has 0 atom stereocenters. The highest BCUT2D eigenvalue weighted by Gasteiger charge is 2.26. The normalized spacial score (nSPS) is 15.2. The van der Waals surface area contributed by atoms with Crippen molar-refractivity contribution in [2.75, 3.05) is 58.5 Å². The number of nitro groups is 1. The number of quaternary nitrogens is 1. The Morgan fingerprint density at radius 1 is 1.36 bits per heavy atom. The highest BCUT2D eigenvalue weighted by Crippen LogP contribution is 2.29. The summed E-state index contributed by atoms with van der Waals surface area (Å²) >= 11 is 0. The van der Waals surface area contributed by atoms with Gasteiger partial charge in [-0.2, -0.15) is 4.98 Å². The van der Waals surface area contributed by atoms with Crippen LogP contribution in [0.25, 0.3) is 0 Å². The Morgan fingerprint density at radius 2 is 2.05 bits per heavy atom. The van der Waals surface area contributed by atoms with Crippen LogP contribution < -0.4 is 14.5 Å². The highest BCUT2D eigenvalue weighted by atomic mass is 16.6. The average molecular weight is 312 g/mol. The molecule has 2 heterocycles. The second-order valence-electron chi connectivity index (χ2n) is 5.42. The zero-order chi connectivity index (χ0) is 16.1. The first-order valence-electron chi connectivity index (χ1n) is 7.26. The number of ether oxygens (including phenoxy) is 2. The minimum atomic E-state index is -0.490. The molecule has 1 N–H and O–H groups in total. The summed E-state index contributed by atoms with van der Waals surface area (Å²) < 4.78 is 10.8. The van der Waals surface area contributed by atoms with Crippen LogP contribution in [-0.2, 0) is 4.74 Å². The lowest BCUT2D eigenvalue weighted by molar-refractivity contribution is -0.858. The summed E-state index contributed by atoms with van der Waals surface area (Å²) in [5, 5.41) is 11.2. The van der Waals surface area contributed by atoms with E-state index < -0.39 is 4.92 Å². The number of nitrogens with zero attached hydrogens (tertiary/aromatic N) is 4. The summed E-state index contributed by atoms with van der Waals surface area (Å²) in [6, 6.07) is 0. The van der Waals surface area contributed by atoms with Gasteiger partial charge in [-0.15, -0.1) is 0 Å². The molecule has 1 aromatic heterocycles. The van der Waals surface area contributed by atoms with Crippen LogP contribution in [0.3, 0.4) is 0 Å². The molecule has 1 aliphatic heterocycles. The van der Waals surface area contributed by atoms with Gasteiger partial charge in [0.25, 0.3) is 5.88 Å². The van der Waals surface area contributed by atoms with Crippen molar-refractivity contribution >= 4 is 11.6 Å². The molecule has 1 fully saturated rings. The van der Waals surface area contributed by atoms with Gasteiger partial charge in [0.2, 0.25) is 5.95 Å². The van der Waals surface area contributed by atoms with Crippen LogP contribution in [0.4, 0.5) is 11.6 Å². The van der Waals surface area contributed by atoms with E-state index in [1.165, 1.54) is 4.90 Å². The Bertz CT molecular complexity index is 531. The highest BCUT2D eigenvalue weighted by molar-refractivity contribution is 5.49. The third kappa shape index (κ3) is 4.01. The number of aromatic nitrogens is 2. The maximum Gasteiger partial charge on any atom is 0.352 e. The van der Waals surface area contributed by atoms with Crippen LogP contribution in [0.15, 0.2) is 0 Å². The predicted octanol–water partition coefficient (Wildman–Crippen LogP) is -0.947. The Balaban J connectivity index is 2.25. The molecule has 1 aliphatic rings. The molecule has 22 heavy (non-hydrogen) atoms. The van der Waals surface area contributed by atoms with Gasteiger partial charge in [0.05, 0.1) is 32.2 Å². The van der Waals surface area contributed by atoms with Gasteiger partial charge in [0.1, 0.15) is 18.8 Å². The second-order valence-corrected chi connectivity index (χ2v) is 5.42. The van der Waals surface area contributed by atoms with Gasteiger partial charge in [0, 0.05) is 13.1 Å². The van der Waals surface area contributed by atoms with Gasteiger partial charge in [-0.1, -0.05) is 0 Å². The number of anilines is 1. The fraction of sp³-hybridized carbons (Fsp3) is 0.692. The Hall–Kier alpha value is -2.00. The molecule has 9 heteroatoms. The monoisotopic (exact) mass is 312 g/mol. The van der Waals surface area contributed by atoms with E-state index in [4.69, 9.17) is 9.47 Å². The van der Waals surface area contributed by atoms with E-state index in [0.717, 1.165) is 6.54 Å². The molecule has 1 aromatic rings. The molecule has 9 nitrogen and oxygen atoms in total. The molecule has 0 amide bonds. The number of likely N-dealkylation sites (N-methyl/N-ethyl adjacent to an activating group) is 1. The minimum Gasteiger partial charge on any atom is -0.467 e. The van der Waals surface area contributed by atoms with E-state index >= 15 is 0 Å². The van der Waals surface area contributed by atoms with E-state index in [9.17, 15) is 10.1 Å². The molecule has 0 aliphatic carbocycles. The summed E-state index contributed by atoms with van der Waals surface area (Å²) in [4.78, 5) is 22.4. The van der Waals surface area contributed by atoms with E-state index in [0.29, 0.717) is 44.6 Å². The van der Waals surface area contributed by atoms with Gasteiger partial charge in [-0.25, -0.2) is 4.98 Å². The van der Waals surface area contributed by atoms with Gasteiger partial charge >= 0.3 is 5.69 Å². The molecule has 1 saturated heterocycles. The van der Waals surface area contributed by atoms with Crippen LogP contribution in [-0.4, -0.2) is 68.4 Å². The number of nitrogens with one attached hydrogen (secondary N) is 1. The predicted molar refractivity (Wildman–Crippen MR) is 79.6 cm³/mol. The van der Waals surface area contributed by atoms with E-state index in [2.05, 4.69) is 9.97 Å². The maximum absolute atomic E-state index is 11.2. The van der Waals surface area contributed by atoms with Crippen molar-refractivity contribution in [3.63, 3.8) is 0 Å². The fourth-order valence-corrected chi connectivity index (χ4v) is 2.09. The molecule has 0 bridgehead atoms. The average Bonchev–Trinajstić information content (AvgIpc) is 2.46. The molecule has 122 valence electrons. The summed E-state index contributed by atoms with van der Waals surface area (Å²) in [5.74, 6) is 0.499. The van der Waals surface area contributed by atoms with E-state index in [1.54, 1.807) is 6.92 Å². The molecule has 0 unspecified atom stereocenters. The first-order chi connectivity index (χ1) is 10.5. The SMILES string of the molecule is Cc1nc(N2CCOCC2)nc(OCC[NH+](C)C)c1[N+](=O)[O-]. The molecular weight excluding hydrogens is 290 g/mol. The van der Waals surface area contributed by atoms with Crippen molar-refractivity contribution in [1.82, 2.24) is 9.97 Å². The molecule has 2 rings (SSSR count). The lowest BCUT2D eigenvalue weighted by atomic mass is 10.3. The standard InChI is InChI=1S/C13H21N5O4/c1-10-11(18(19)20)12(22-9-4-16(2)3)15-13(14-10)17-5-7-21-8-6-17/h4-9H2,1-3H3/p+1. The second kappa shape index (κ2) is 7.32. The van der Waals surface area contributed by atoms with E-state index in [-0.39, 0.29) is 11.6 Å². The molecule has 0 saturated carbocycles. The number of hydrogen-bond acceptors (Lipinski definition) is 7. The zero-order valence-corrected chi connectivity index (χ0v) is 13.2. The largest absolute Gasteiger partial charge is 0.467 e. The lowest BCUT2D eigenvalue weighted by Crippen LogP contribution is -3.06. The number of rotatable bonds is 6. The van der Waals surface area contributed by atoms with Crippen molar-refractivity contribution in [1.29, 1.82) is 0 Å². The van der Waals surface area contributed by atoms with Crippen molar-refractivity contribution < 1.29 is 19.3 Å². The first-order valence-corrected chi connectivity index (χ1v) is 7.26. The Labute approximate surface area is 129 Å². The molecule has 0 aromatic carbocycles. The topological polar surface area (TPSA) is 95.1 Å². The number of aryl methyl sites for hydroxylation is 1. The zero-order valence-electron chi connectivity index (χ0n) is 13.2. The van der Waals surface area contributed by atoms with Crippen molar-refractivity contribution in [2.45, 2.75) is 6.92 Å². The Kier molecular flexibility index (Phi) is 5.45. The third-order valence-corrected chi connectivity index (χ3v) is 3.33. The Morgan fingerprint density at radius 3 is 2.64 bits per heavy atom. The first kappa shape index (κ1) is 16.4. The summed E-state index contributed by atoms with van der Waals surface area (Å²) in [5.41, 5.74) is 0.152. The smallest absolute Gasteiger partial charge is 0.352 e. The summed E-state index contributed by atoms with van der Waals surface area (Å²) in [6.07, 6.45) is 0.